The zero-order chi connectivity index (χ0) is 13.5. The van der Waals surface area contributed by atoms with Crippen molar-refractivity contribution in [1.82, 2.24) is 0 Å². The summed E-state index contributed by atoms with van der Waals surface area (Å²) in [5, 5.41) is 0. The van der Waals surface area contributed by atoms with Crippen LogP contribution in [0.1, 0.15) is 63.5 Å². The van der Waals surface area contributed by atoms with Crippen LogP contribution in [0.5, 0.6) is 0 Å². The third kappa shape index (κ3) is 2.49. The van der Waals surface area contributed by atoms with Crippen LogP contribution in [0.4, 0.5) is 0 Å². The molecule has 1 saturated carbocycles. The largest absolute Gasteiger partial charge is 0.325 e. The molecule has 1 fully saturated rings. The van der Waals surface area contributed by atoms with Crippen molar-refractivity contribution in [2.45, 2.75) is 63.3 Å². The summed E-state index contributed by atoms with van der Waals surface area (Å²) in [5.74, 6) is 0. The van der Waals surface area contributed by atoms with Crippen molar-refractivity contribution in [3.63, 3.8) is 0 Å². The fraction of sp³-hybridized carbons (Fsp3) is 0.556. The van der Waals surface area contributed by atoms with E-state index in [2.05, 4.69) is 44.2 Å². The molecule has 0 amide bonds. The lowest BCUT2D eigenvalue weighted by molar-refractivity contribution is 0.379. The van der Waals surface area contributed by atoms with Crippen LogP contribution in [-0.4, -0.2) is 5.54 Å². The van der Waals surface area contributed by atoms with Crippen molar-refractivity contribution >= 4 is 5.57 Å². The highest BCUT2D eigenvalue weighted by molar-refractivity contribution is 5.67. The van der Waals surface area contributed by atoms with Gasteiger partial charge in [0.05, 0.1) is 0 Å². The molecule has 1 unspecified atom stereocenters. The minimum atomic E-state index is 0.0466. The first-order chi connectivity index (χ1) is 9.05. The fourth-order valence-electron chi connectivity index (χ4n) is 3.06. The van der Waals surface area contributed by atoms with Gasteiger partial charge in [-0.2, -0.15) is 0 Å². The molecule has 3 rings (SSSR count). The summed E-state index contributed by atoms with van der Waals surface area (Å²) in [5.41, 5.74) is 11.3. The van der Waals surface area contributed by atoms with E-state index in [1.54, 1.807) is 0 Å². The van der Waals surface area contributed by atoms with E-state index in [1.165, 1.54) is 29.5 Å². The molecule has 2 N–H and O–H groups in total. The molecule has 1 aromatic rings. The van der Waals surface area contributed by atoms with E-state index in [9.17, 15) is 0 Å². The molecule has 2 aliphatic rings. The van der Waals surface area contributed by atoms with Crippen LogP contribution in [0.3, 0.4) is 0 Å². The number of nitrogens with two attached hydrogens (primary N) is 1. The van der Waals surface area contributed by atoms with Gasteiger partial charge in [-0.1, -0.05) is 44.2 Å². The molecule has 0 radical (unpaired) electrons. The van der Waals surface area contributed by atoms with Crippen LogP contribution in [0, 0.1) is 0 Å². The minimum absolute atomic E-state index is 0.0466. The topological polar surface area (TPSA) is 26.0 Å². The molecule has 2 aliphatic carbocycles. The van der Waals surface area contributed by atoms with Crippen molar-refractivity contribution in [2.24, 2.45) is 5.73 Å². The zero-order valence-electron chi connectivity index (χ0n) is 12.2. The van der Waals surface area contributed by atoms with Gasteiger partial charge in [0.15, 0.2) is 0 Å². The second-order valence-electron chi connectivity index (χ2n) is 6.79. The Morgan fingerprint density at radius 1 is 1.11 bits per heavy atom. The molecule has 0 spiro atoms. The van der Waals surface area contributed by atoms with E-state index in [0.29, 0.717) is 5.41 Å². The number of benzene rings is 1. The van der Waals surface area contributed by atoms with Crippen molar-refractivity contribution in [3.8, 4) is 0 Å². The molecule has 0 saturated heterocycles. The lowest BCUT2D eigenvalue weighted by atomic mass is 9.79. The lowest BCUT2D eigenvalue weighted by Gasteiger charge is -2.31. The first-order valence-corrected chi connectivity index (χ1v) is 7.64. The molecule has 1 heteroatoms. The first-order valence-electron chi connectivity index (χ1n) is 7.64. The maximum atomic E-state index is 6.34. The van der Waals surface area contributed by atoms with Gasteiger partial charge in [-0.15, -0.1) is 0 Å². The molecule has 19 heavy (non-hydrogen) atoms. The van der Waals surface area contributed by atoms with Crippen molar-refractivity contribution in [2.75, 3.05) is 0 Å². The van der Waals surface area contributed by atoms with E-state index < -0.39 is 0 Å². The Labute approximate surface area is 116 Å². The number of hydrogen-bond acceptors (Lipinski definition) is 1. The van der Waals surface area contributed by atoms with Gasteiger partial charge in [-0.25, -0.2) is 0 Å². The maximum Gasteiger partial charge on any atom is 0.0189 e. The number of hydrogen-bond donors (Lipinski definition) is 1. The van der Waals surface area contributed by atoms with Crippen LogP contribution in [0.15, 0.2) is 30.3 Å². The zero-order valence-corrected chi connectivity index (χ0v) is 12.2. The monoisotopic (exact) mass is 255 g/mol. The molecule has 0 aromatic heterocycles. The Morgan fingerprint density at radius 2 is 1.79 bits per heavy atom. The van der Waals surface area contributed by atoms with Crippen LogP contribution >= 0.6 is 0 Å². The standard InChI is InChI=1S/C18H25N/c1-3-18(19)10-8-15(9-11-18)14-4-6-16(7-5-14)17(2)12-13-17/h4-8H,3,9-13,19H2,1-2H3. The van der Waals surface area contributed by atoms with Gasteiger partial charge in [-0.3, -0.25) is 0 Å². The summed E-state index contributed by atoms with van der Waals surface area (Å²) in [7, 11) is 0. The predicted molar refractivity (Wildman–Crippen MR) is 82.1 cm³/mol. The number of allylic oxidation sites excluding steroid dienone is 1. The van der Waals surface area contributed by atoms with Crippen molar-refractivity contribution < 1.29 is 0 Å². The summed E-state index contributed by atoms with van der Waals surface area (Å²) in [6, 6.07) is 9.26. The summed E-state index contributed by atoms with van der Waals surface area (Å²) in [6.45, 7) is 4.57. The van der Waals surface area contributed by atoms with Gasteiger partial charge < -0.3 is 5.73 Å². The third-order valence-corrected chi connectivity index (χ3v) is 5.30. The van der Waals surface area contributed by atoms with Crippen LogP contribution < -0.4 is 5.73 Å². The molecule has 1 aromatic carbocycles. The van der Waals surface area contributed by atoms with Gasteiger partial charge in [0.1, 0.15) is 0 Å². The third-order valence-electron chi connectivity index (χ3n) is 5.30. The van der Waals surface area contributed by atoms with E-state index in [1.807, 2.05) is 0 Å². The minimum Gasteiger partial charge on any atom is -0.325 e. The van der Waals surface area contributed by atoms with Gasteiger partial charge in [0.25, 0.3) is 0 Å². The Morgan fingerprint density at radius 3 is 2.26 bits per heavy atom. The molecule has 0 aliphatic heterocycles. The fourth-order valence-corrected chi connectivity index (χ4v) is 3.06. The average Bonchev–Trinajstić information content (AvgIpc) is 3.19. The molecular formula is C18H25N. The normalized spacial score (nSPS) is 28.9. The van der Waals surface area contributed by atoms with Crippen LogP contribution in [0.2, 0.25) is 0 Å². The van der Waals surface area contributed by atoms with Gasteiger partial charge in [0.2, 0.25) is 0 Å². The second kappa shape index (κ2) is 4.49. The van der Waals surface area contributed by atoms with Gasteiger partial charge in [-0.05, 0) is 60.6 Å². The smallest absolute Gasteiger partial charge is 0.0189 e. The lowest BCUT2D eigenvalue weighted by Crippen LogP contribution is -2.39. The Hall–Kier alpha value is -1.08. The van der Waals surface area contributed by atoms with Crippen LogP contribution in [0.25, 0.3) is 5.57 Å². The average molecular weight is 255 g/mol. The molecular weight excluding hydrogens is 230 g/mol. The van der Waals surface area contributed by atoms with Crippen LogP contribution in [-0.2, 0) is 5.41 Å². The second-order valence-corrected chi connectivity index (χ2v) is 6.79. The first kappa shape index (κ1) is 12.9. The summed E-state index contributed by atoms with van der Waals surface area (Å²) in [4.78, 5) is 0. The summed E-state index contributed by atoms with van der Waals surface area (Å²) >= 11 is 0. The quantitative estimate of drug-likeness (QED) is 0.850. The molecule has 102 valence electrons. The van der Waals surface area contributed by atoms with E-state index in [4.69, 9.17) is 5.73 Å². The van der Waals surface area contributed by atoms with E-state index >= 15 is 0 Å². The summed E-state index contributed by atoms with van der Waals surface area (Å²) < 4.78 is 0. The predicted octanol–water partition coefficient (Wildman–Crippen LogP) is 4.41. The Bertz CT molecular complexity index is 493. The van der Waals surface area contributed by atoms with Gasteiger partial charge >= 0.3 is 0 Å². The maximum absolute atomic E-state index is 6.34. The van der Waals surface area contributed by atoms with E-state index in [0.717, 1.165) is 25.7 Å². The van der Waals surface area contributed by atoms with E-state index in [-0.39, 0.29) is 5.54 Å². The highest BCUT2D eigenvalue weighted by Gasteiger charge is 2.38. The Balaban J connectivity index is 1.76. The SMILES string of the molecule is CCC1(N)CC=C(c2ccc(C3(C)CC3)cc2)CC1. The van der Waals surface area contributed by atoms with Gasteiger partial charge in [0, 0.05) is 5.54 Å². The highest BCUT2D eigenvalue weighted by Crippen LogP contribution is 2.47. The summed E-state index contributed by atoms with van der Waals surface area (Å²) in [6.07, 6.45) is 9.41. The number of rotatable bonds is 3. The molecule has 0 heterocycles. The highest BCUT2D eigenvalue weighted by atomic mass is 14.7. The Kier molecular flexibility index (Phi) is 3.05. The molecule has 0 bridgehead atoms. The molecule has 1 atom stereocenters. The van der Waals surface area contributed by atoms with Crippen molar-refractivity contribution in [1.29, 1.82) is 0 Å². The van der Waals surface area contributed by atoms with Crippen molar-refractivity contribution in [3.05, 3.63) is 41.5 Å². The molecule has 1 nitrogen and oxygen atoms in total.